The number of amides is 1. The number of hydrogen-bond acceptors (Lipinski definition) is 4. The van der Waals surface area contributed by atoms with Gasteiger partial charge < -0.3 is 0 Å². The average molecular weight is 388 g/mol. The van der Waals surface area contributed by atoms with Crippen molar-refractivity contribution in [2.45, 2.75) is 6.42 Å². The lowest BCUT2D eigenvalue weighted by Gasteiger charge is -2.15. The maximum absolute atomic E-state index is 11.9. The Morgan fingerprint density at radius 2 is 2.21 bits per heavy atom. The third-order valence-corrected chi connectivity index (χ3v) is 5.13. The fraction of sp³-hybridized carbons (Fsp3) is 0.400. The van der Waals surface area contributed by atoms with Gasteiger partial charge in [0.2, 0.25) is 15.0 Å². The van der Waals surface area contributed by atoms with Gasteiger partial charge in [-0.15, -0.1) is 0 Å². The number of halogens is 3. The number of hydrogen-bond donors (Lipinski definition) is 0. The van der Waals surface area contributed by atoms with Crippen LogP contribution in [0.4, 0.5) is 5.82 Å². The smallest absolute Gasteiger partial charge is 0.232 e. The maximum atomic E-state index is 11.9. The highest BCUT2D eigenvalue weighted by Gasteiger charge is 2.33. The highest BCUT2D eigenvalue weighted by Crippen LogP contribution is 2.29. The number of carbonyl (C=O) groups is 1. The van der Waals surface area contributed by atoms with Crippen LogP contribution in [0.25, 0.3) is 0 Å². The van der Waals surface area contributed by atoms with Crippen molar-refractivity contribution >= 4 is 59.0 Å². The molecule has 1 unspecified atom stereocenters. The zero-order valence-electron chi connectivity index (χ0n) is 9.51. The first-order valence-corrected chi connectivity index (χ1v) is 8.95. The fourth-order valence-corrected chi connectivity index (χ4v) is 3.63. The summed E-state index contributed by atoms with van der Waals surface area (Å²) in [5, 5.41) is 0.436. The molecular formula is C10H9BrCl2N2O3S. The van der Waals surface area contributed by atoms with Crippen LogP contribution in [0.15, 0.2) is 16.7 Å². The number of carbonyl (C=O) groups excluding carboxylic acids is 1. The van der Waals surface area contributed by atoms with Gasteiger partial charge in [-0.2, -0.15) is 0 Å². The van der Waals surface area contributed by atoms with E-state index >= 15 is 0 Å². The number of rotatable bonds is 3. The SMILES string of the molecule is O=C1CC(CS(=O)(=O)Cl)CN1c1cc(Cl)c(Br)cn1. The quantitative estimate of drug-likeness (QED) is 0.747. The van der Waals surface area contributed by atoms with Crippen LogP contribution >= 0.6 is 38.2 Å². The lowest BCUT2D eigenvalue weighted by atomic mass is 10.1. The van der Waals surface area contributed by atoms with Gasteiger partial charge in [0.05, 0.1) is 15.2 Å². The molecule has 0 aromatic carbocycles. The summed E-state index contributed by atoms with van der Waals surface area (Å²) in [4.78, 5) is 17.4. The molecule has 0 N–H and O–H groups in total. The molecule has 5 nitrogen and oxygen atoms in total. The number of anilines is 1. The summed E-state index contributed by atoms with van der Waals surface area (Å²) in [7, 11) is 1.59. The molecule has 1 saturated heterocycles. The van der Waals surface area contributed by atoms with Crippen molar-refractivity contribution in [3.63, 3.8) is 0 Å². The van der Waals surface area contributed by atoms with Gasteiger partial charge in [-0.25, -0.2) is 13.4 Å². The second-order valence-corrected chi connectivity index (χ2v) is 8.32. The molecule has 0 radical (unpaired) electrons. The molecule has 2 heterocycles. The van der Waals surface area contributed by atoms with E-state index in [1.165, 1.54) is 11.1 Å². The van der Waals surface area contributed by atoms with Crippen LogP contribution in [0.2, 0.25) is 5.02 Å². The summed E-state index contributed by atoms with van der Waals surface area (Å²) in [6.07, 6.45) is 1.64. The molecule has 0 aliphatic carbocycles. The number of nitrogens with zero attached hydrogens (tertiary/aromatic N) is 2. The van der Waals surface area contributed by atoms with Crippen molar-refractivity contribution in [2.75, 3.05) is 17.2 Å². The van der Waals surface area contributed by atoms with E-state index < -0.39 is 9.05 Å². The summed E-state index contributed by atoms with van der Waals surface area (Å²) in [6.45, 7) is 0.274. The largest absolute Gasteiger partial charge is 0.296 e. The molecule has 9 heteroatoms. The van der Waals surface area contributed by atoms with E-state index in [0.717, 1.165) is 0 Å². The minimum atomic E-state index is -3.61. The third-order valence-electron chi connectivity index (χ3n) is 2.71. The van der Waals surface area contributed by atoms with Gasteiger partial charge in [0.15, 0.2) is 0 Å². The van der Waals surface area contributed by atoms with Gasteiger partial charge in [0.25, 0.3) is 0 Å². The zero-order chi connectivity index (χ0) is 14.2. The minimum Gasteiger partial charge on any atom is -0.296 e. The van der Waals surface area contributed by atoms with E-state index in [2.05, 4.69) is 20.9 Å². The Bertz CT molecular complexity index is 623. The molecule has 1 aliphatic rings. The highest BCUT2D eigenvalue weighted by molar-refractivity contribution is 9.10. The van der Waals surface area contributed by atoms with Gasteiger partial charge in [-0.05, 0) is 15.9 Å². The zero-order valence-corrected chi connectivity index (χ0v) is 13.4. The monoisotopic (exact) mass is 386 g/mol. The van der Waals surface area contributed by atoms with Crippen molar-refractivity contribution in [3.05, 3.63) is 21.8 Å². The molecule has 0 bridgehead atoms. The van der Waals surface area contributed by atoms with Crippen molar-refractivity contribution in [1.82, 2.24) is 4.98 Å². The predicted octanol–water partition coefficient (Wildman–Crippen LogP) is 2.42. The Morgan fingerprint density at radius 1 is 1.53 bits per heavy atom. The van der Waals surface area contributed by atoms with E-state index in [1.54, 1.807) is 6.07 Å². The van der Waals surface area contributed by atoms with Gasteiger partial charge in [-0.3, -0.25) is 9.69 Å². The van der Waals surface area contributed by atoms with Crippen molar-refractivity contribution in [3.8, 4) is 0 Å². The Morgan fingerprint density at radius 3 is 2.79 bits per heavy atom. The molecular weight excluding hydrogens is 379 g/mol. The lowest BCUT2D eigenvalue weighted by Crippen LogP contribution is -2.26. The van der Waals surface area contributed by atoms with Gasteiger partial charge in [0, 0.05) is 41.8 Å². The molecule has 0 saturated carbocycles. The predicted molar refractivity (Wildman–Crippen MR) is 77.0 cm³/mol. The Kier molecular flexibility index (Phi) is 4.39. The normalized spacial score (nSPS) is 20.1. The van der Waals surface area contributed by atoms with Gasteiger partial charge in [0.1, 0.15) is 5.82 Å². The van der Waals surface area contributed by atoms with E-state index in [0.29, 0.717) is 15.3 Å². The van der Waals surface area contributed by atoms with Gasteiger partial charge >= 0.3 is 0 Å². The van der Waals surface area contributed by atoms with Crippen LogP contribution in [0.1, 0.15) is 6.42 Å². The van der Waals surface area contributed by atoms with E-state index in [9.17, 15) is 13.2 Å². The summed E-state index contributed by atoms with van der Waals surface area (Å²) < 4.78 is 22.7. The van der Waals surface area contributed by atoms with Crippen molar-refractivity contribution in [1.29, 1.82) is 0 Å². The van der Waals surface area contributed by atoms with Crippen LogP contribution in [-0.4, -0.2) is 31.6 Å². The first-order chi connectivity index (χ1) is 8.76. The second kappa shape index (κ2) is 5.55. The molecule has 19 heavy (non-hydrogen) atoms. The van der Waals surface area contributed by atoms with Crippen LogP contribution < -0.4 is 4.90 Å². The van der Waals surface area contributed by atoms with Crippen LogP contribution in [0.3, 0.4) is 0 Å². The molecule has 2 rings (SSSR count). The average Bonchev–Trinajstić information content (AvgIpc) is 2.61. The minimum absolute atomic E-state index is 0.140. The first kappa shape index (κ1) is 15.0. The molecule has 1 fully saturated rings. The highest BCUT2D eigenvalue weighted by atomic mass is 79.9. The standard InChI is InChI=1S/C10H9BrCl2N2O3S/c11-7-3-14-9(2-8(7)12)15-4-6(1-10(15)16)5-19(13,17)18/h2-3,6H,1,4-5H2. The summed E-state index contributed by atoms with van der Waals surface area (Å²) >= 11 is 9.15. The topological polar surface area (TPSA) is 67.3 Å². The maximum Gasteiger partial charge on any atom is 0.232 e. The molecule has 1 aromatic heterocycles. The number of aromatic nitrogens is 1. The van der Waals surface area contributed by atoms with E-state index in [-0.39, 0.29) is 30.5 Å². The van der Waals surface area contributed by atoms with Crippen LogP contribution in [-0.2, 0) is 13.8 Å². The number of pyridine rings is 1. The summed E-state index contributed by atoms with van der Waals surface area (Å²) in [5.74, 6) is -0.316. The van der Waals surface area contributed by atoms with E-state index in [4.69, 9.17) is 22.3 Å². The lowest BCUT2D eigenvalue weighted by molar-refractivity contribution is -0.117. The molecule has 104 valence electrons. The van der Waals surface area contributed by atoms with Crippen molar-refractivity contribution in [2.24, 2.45) is 5.92 Å². The summed E-state index contributed by atoms with van der Waals surface area (Å²) in [5.41, 5.74) is 0. The second-order valence-electron chi connectivity index (χ2n) is 4.24. The Hall–Kier alpha value is -0.370. The molecule has 0 spiro atoms. The Balaban J connectivity index is 2.18. The van der Waals surface area contributed by atoms with Gasteiger partial charge in [-0.1, -0.05) is 11.6 Å². The van der Waals surface area contributed by atoms with Crippen molar-refractivity contribution < 1.29 is 13.2 Å². The molecule has 1 amide bonds. The van der Waals surface area contributed by atoms with Crippen LogP contribution in [0, 0.1) is 5.92 Å². The molecule has 1 aliphatic heterocycles. The van der Waals surface area contributed by atoms with Crippen LogP contribution in [0.5, 0.6) is 0 Å². The summed E-state index contributed by atoms with van der Waals surface area (Å²) in [6, 6.07) is 1.56. The van der Waals surface area contributed by atoms with E-state index in [1.807, 2.05) is 0 Å². The molecule has 1 aromatic rings. The Labute approximate surface area is 128 Å². The molecule has 1 atom stereocenters. The third kappa shape index (κ3) is 3.81. The first-order valence-electron chi connectivity index (χ1n) is 5.30. The fourth-order valence-electron chi connectivity index (χ4n) is 1.95.